The lowest BCUT2D eigenvalue weighted by molar-refractivity contribution is -0.0991. The van der Waals surface area contributed by atoms with Crippen LogP contribution in [0.25, 0.3) is 22.3 Å². The molecule has 2 amide bonds. The Labute approximate surface area is 214 Å². The molecule has 9 heteroatoms. The second-order valence-electron chi connectivity index (χ2n) is 9.83. The molecule has 3 aromatic rings. The number of halogens is 1. The number of fused-ring (bicyclic) bond motifs is 1. The third-order valence-corrected chi connectivity index (χ3v) is 7.27. The van der Waals surface area contributed by atoms with Crippen molar-refractivity contribution in [2.24, 2.45) is 0 Å². The first-order chi connectivity index (χ1) is 17.7. The molecule has 1 fully saturated rings. The van der Waals surface area contributed by atoms with Gasteiger partial charge in [-0.1, -0.05) is 24.3 Å². The van der Waals surface area contributed by atoms with Gasteiger partial charge in [-0.2, -0.15) is 4.39 Å². The topological polar surface area (TPSA) is 118 Å². The lowest BCUT2D eigenvalue weighted by Gasteiger charge is -2.46. The molecule has 1 aromatic heterocycles. The Balaban J connectivity index is 1.44. The number of anilines is 1. The van der Waals surface area contributed by atoms with Gasteiger partial charge in [0.15, 0.2) is 5.72 Å². The van der Waals surface area contributed by atoms with Crippen LogP contribution in [0.1, 0.15) is 49.0 Å². The van der Waals surface area contributed by atoms with Crippen molar-refractivity contribution >= 4 is 17.8 Å². The van der Waals surface area contributed by atoms with Crippen molar-refractivity contribution in [2.75, 3.05) is 12.3 Å². The molecule has 0 radical (unpaired) electrons. The van der Waals surface area contributed by atoms with Gasteiger partial charge in [-0.3, -0.25) is 9.69 Å². The van der Waals surface area contributed by atoms with Gasteiger partial charge in [-0.15, -0.1) is 0 Å². The molecule has 2 aliphatic heterocycles. The lowest BCUT2D eigenvalue weighted by atomic mass is 9.94. The molecular weight excluding hydrogens is 475 g/mol. The number of likely N-dealkylation sites (tertiary alicyclic amines) is 1. The molecule has 8 nitrogen and oxygen atoms in total. The molecule has 2 unspecified atom stereocenters. The van der Waals surface area contributed by atoms with Gasteiger partial charge in [0.2, 0.25) is 5.95 Å². The van der Waals surface area contributed by atoms with E-state index in [1.807, 2.05) is 13.0 Å². The van der Waals surface area contributed by atoms with E-state index >= 15 is 0 Å². The number of piperidine rings is 1. The molecule has 37 heavy (non-hydrogen) atoms. The first-order valence-corrected chi connectivity index (χ1v) is 12.4. The molecule has 2 aromatic carbocycles. The zero-order valence-corrected chi connectivity index (χ0v) is 20.8. The fourth-order valence-corrected chi connectivity index (χ4v) is 5.42. The highest BCUT2D eigenvalue weighted by Crippen LogP contribution is 2.37. The van der Waals surface area contributed by atoms with Gasteiger partial charge in [0.25, 0.3) is 5.91 Å². The van der Waals surface area contributed by atoms with E-state index in [0.717, 1.165) is 24.0 Å². The van der Waals surface area contributed by atoms with Gasteiger partial charge in [-0.05, 0) is 74.1 Å². The number of amides is 2. The molecule has 0 saturated carbocycles. The minimum absolute atomic E-state index is 0.0644. The fraction of sp³-hybridized carbons (Fsp3) is 0.321. The standard InChI is InChI=1S/C28H29FN4O4/c1-16-4-3-12-28(2,33(16)27(35)36)37-20-8-5-17(6-9-20)22-15-23(25(30)32-24(22)29)18-7-10-21-19(14-18)11-13-31-26(21)34/h5-10,14-16H,3-4,11-13H2,1-2H3,(H2,30,32)(H,31,34)(H,35,36). The number of nitrogens with zero attached hydrogens (tertiary/aromatic N) is 2. The summed E-state index contributed by atoms with van der Waals surface area (Å²) in [7, 11) is 0. The third kappa shape index (κ3) is 4.57. The van der Waals surface area contributed by atoms with E-state index in [0.29, 0.717) is 41.8 Å². The van der Waals surface area contributed by atoms with E-state index in [4.69, 9.17) is 10.5 Å². The molecule has 3 heterocycles. The van der Waals surface area contributed by atoms with Gasteiger partial charge in [-0.25, -0.2) is 9.78 Å². The Morgan fingerprint density at radius 3 is 2.62 bits per heavy atom. The summed E-state index contributed by atoms with van der Waals surface area (Å²) in [6, 6.07) is 13.8. The Bertz CT molecular complexity index is 1380. The zero-order chi connectivity index (χ0) is 26.3. The zero-order valence-electron chi connectivity index (χ0n) is 20.8. The van der Waals surface area contributed by atoms with Crippen molar-refractivity contribution in [3.05, 3.63) is 65.6 Å². The number of nitrogens with one attached hydrogen (secondary N) is 1. The third-order valence-electron chi connectivity index (χ3n) is 7.27. The largest absolute Gasteiger partial charge is 0.468 e. The van der Waals surface area contributed by atoms with Crippen LogP contribution in [0.5, 0.6) is 5.75 Å². The van der Waals surface area contributed by atoms with Crippen molar-refractivity contribution in [1.82, 2.24) is 15.2 Å². The Morgan fingerprint density at radius 2 is 1.89 bits per heavy atom. The second kappa shape index (κ2) is 9.38. The maximum atomic E-state index is 14.9. The van der Waals surface area contributed by atoms with E-state index in [-0.39, 0.29) is 23.3 Å². The van der Waals surface area contributed by atoms with Crippen molar-refractivity contribution in [3.8, 4) is 28.0 Å². The lowest BCUT2D eigenvalue weighted by Crippen LogP contribution is -2.59. The summed E-state index contributed by atoms with van der Waals surface area (Å²) in [5.74, 6) is -0.250. The first-order valence-electron chi connectivity index (χ1n) is 12.4. The molecule has 192 valence electrons. The predicted molar refractivity (Wildman–Crippen MR) is 138 cm³/mol. The number of ether oxygens (including phenoxy) is 1. The number of rotatable bonds is 4. The fourth-order valence-electron chi connectivity index (χ4n) is 5.42. The minimum atomic E-state index is -1.02. The summed E-state index contributed by atoms with van der Waals surface area (Å²) < 4.78 is 21.1. The van der Waals surface area contributed by atoms with Crippen LogP contribution in [-0.2, 0) is 6.42 Å². The molecule has 2 aliphatic rings. The number of aromatic nitrogens is 1. The highest BCUT2D eigenvalue weighted by molar-refractivity contribution is 5.97. The monoisotopic (exact) mass is 504 g/mol. The number of carbonyl (C=O) groups is 2. The summed E-state index contributed by atoms with van der Waals surface area (Å²) in [5.41, 5.74) is 8.82. The van der Waals surface area contributed by atoms with Crippen LogP contribution in [-0.4, -0.2) is 45.3 Å². The van der Waals surface area contributed by atoms with Gasteiger partial charge in [0, 0.05) is 35.7 Å². The van der Waals surface area contributed by atoms with Gasteiger partial charge < -0.3 is 20.9 Å². The van der Waals surface area contributed by atoms with Crippen LogP contribution < -0.4 is 15.8 Å². The summed E-state index contributed by atoms with van der Waals surface area (Å²) in [6.07, 6.45) is 1.91. The van der Waals surface area contributed by atoms with Crippen LogP contribution >= 0.6 is 0 Å². The molecule has 0 aliphatic carbocycles. The normalized spacial score (nSPS) is 21.2. The van der Waals surface area contributed by atoms with Gasteiger partial charge in [0.1, 0.15) is 11.6 Å². The van der Waals surface area contributed by atoms with Crippen LogP contribution in [0.3, 0.4) is 0 Å². The highest BCUT2D eigenvalue weighted by atomic mass is 19.1. The van der Waals surface area contributed by atoms with E-state index in [1.54, 1.807) is 49.4 Å². The van der Waals surface area contributed by atoms with Crippen LogP contribution in [0.4, 0.5) is 15.0 Å². The average Bonchev–Trinajstić information content (AvgIpc) is 2.84. The van der Waals surface area contributed by atoms with Gasteiger partial charge >= 0.3 is 6.09 Å². The van der Waals surface area contributed by atoms with Gasteiger partial charge in [0.05, 0.1) is 0 Å². The Kier molecular flexibility index (Phi) is 6.23. The SMILES string of the molecule is CC1CCCC(C)(Oc2ccc(-c3cc(-c4ccc5c(c4)CCNC5=O)c(N)nc3F)cc2)N1C(=O)O. The second-order valence-corrected chi connectivity index (χ2v) is 9.83. The summed E-state index contributed by atoms with van der Waals surface area (Å²) in [5, 5.41) is 12.6. The van der Waals surface area contributed by atoms with Crippen LogP contribution in [0.2, 0.25) is 0 Å². The predicted octanol–water partition coefficient (Wildman–Crippen LogP) is 5.07. The van der Waals surface area contributed by atoms with Crippen molar-refractivity contribution in [1.29, 1.82) is 0 Å². The molecular formula is C28H29FN4O4. The highest BCUT2D eigenvalue weighted by Gasteiger charge is 2.43. The number of carboxylic acid groups (broad SMARTS) is 1. The quantitative estimate of drug-likeness (QED) is 0.427. The van der Waals surface area contributed by atoms with E-state index in [1.165, 1.54) is 4.90 Å². The molecule has 0 bridgehead atoms. The summed E-state index contributed by atoms with van der Waals surface area (Å²) in [6.45, 7) is 4.22. The Morgan fingerprint density at radius 1 is 1.16 bits per heavy atom. The average molecular weight is 505 g/mol. The number of nitrogens with two attached hydrogens (primary N) is 1. The minimum Gasteiger partial charge on any atom is -0.468 e. The first kappa shape index (κ1) is 24.5. The molecule has 0 spiro atoms. The number of hydrogen-bond acceptors (Lipinski definition) is 5. The molecule has 1 saturated heterocycles. The van der Waals surface area contributed by atoms with Crippen LogP contribution in [0.15, 0.2) is 48.5 Å². The maximum Gasteiger partial charge on any atom is 0.410 e. The summed E-state index contributed by atoms with van der Waals surface area (Å²) in [4.78, 5) is 29.3. The number of pyridine rings is 1. The molecule has 2 atom stereocenters. The van der Waals surface area contributed by atoms with Crippen molar-refractivity contribution in [2.45, 2.75) is 51.3 Å². The van der Waals surface area contributed by atoms with E-state index in [9.17, 15) is 19.1 Å². The number of benzene rings is 2. The van der Waals surface area contributed by atoms with E-state index in [2.05, 4.69) is 10.3 Å². The smallest absolute Gasteiger partial charge is 0.410 e. The van der Waals surface area contributed by atoms with Crippen molar-refractivity contribution < 1.29 is 23.8 Å². The number of hydrogen-bond donors (Lipinski definition) is 3. The summed E-state index contributed by atoms with van der Waals surface area (Å²) >= 11 is 0. The Hall–Kier alpha value is -4.14. The van der Waals surface area contributed by atoms with Crippen molar-refractivity contribution in [3.63, 3.8) is 0 Å². The maximum absolute atomic E-state index is 14.9. The number of carbonyl (C=O) groups excluding carboxylic acids is 1. The molecule has 5 rings (SSSR count). The van der Waals surface area contributed by atoms with E-state index < -0.39 is 17.8 Å². The van der Waals surface area contributed by atoms with Crippen LogP contribution in [0, 0.1) is 5.95 Å². The molecule has 4 N–H and O–H groups in total. The number of nitrogen functional groups attached to an aromatic ring is 1.